The van der Waals surface area contributed by atoms with Crippen LogP contribution >= 0.6 is 0 Å². The topological polar surface area (TPSA) is 58.0 Å². The summed E-state index contributed by atoms with van der Waals surface area (Å²) in [5.74, 6) is 0.339. The number of anilines is 1. The third-order valence-corrected chi connectivity index (χ3v) is 3.03. The fraction of sp³-hybridized carbons (Fsp3) is 0.286. The monoisotopic (exact) mass is 243 g/mol. The van der Waals surface area contributed by atoms with Gasteiger partial charge in [-0.05, 0) is 32.4 Å². The van der Waals surface area contributed by atoms with Crippen molar-refractivity contribution in [3.8, 4) is 5.75 Å². The largest absolute Gasteiger partial charge is 0.507 e. The van der Waals surface area contributed by atoms with Crippen LogP contribution in [-0.4, -0.2) is 15.1 Å². The van der Waals surface area contributed by atoms with Crippen molar-refractivity contribution in [1.29, 1.82) is 0 Å². The maximum atomic E-state index is 9.90. The van der Waals surface area contributed by atoms with E-state index in [2.05, 4.69) is 15.3 Å². The van der Waals surface area contributed by atoms with Gasteiger partial charge in [-0.2, -0.15) is 0 Å². The first-order valence-electron chi connectivity index (χ1n) is 5.91. The van der Waals surface area contributed by atoms with Gasteiger partial charge in [0.1, 0.15) is 5.75 Å². The van der Waals surface area contributed by atoms with Crippen LogP contribution in [0.2, 0.25) is 0 Å². The van der Waals surface area contributed by atoms with Gasteiger partial charge < -0.3 is 10.4 Å². The lowest BCUT2D eigenvalue weighted by Crippen LogP contribution is -2.09. The van der Waals surface area contributed by atoms with Gasteiger partial charge in [0.25, 0.3) is 0 Å². The molecule has 94 valence electrons. The van der Waals surface area contributed by atoms with Gasteiger partial charge >= 0.3 is 0 Å². The Kier molecular flexibility index (Phi) is 3.46. The minimum absolute atomic E-state index is 0.0412. The third-order valence-electron chi connectivity index (χ3n) is 3.03. The van der Waals surface area contributed by atoms with Crippen molar-refractivity contribution in [3.63, 3.8) is 0 Å². The number of benzene rings is 1. The predicted molar refractivity (Wildman–Crippen MR) is 71.7 cm³/mol. The first-order chi connectivity index (χ1) is 8.59. The summed E-state index contributed by atoms with van der Waals surface area (Å²) in [6.45, 7) is 5.80. The molecule has 2 N–H and O–H groups in total. The molecule has 0 spiro atoms. The van der Waals surface area contributed by atoms with Gasteiger partial charge in [-0.3, -0.25) is 9.97 Å². The Balaban J connectivity index is 2.22. The van der Waals surface area contributed by atoms with Crippen LogP contribution in [0.1, 0.15) is 29.8 Å². The molecule has 2 rings (SSSR count). The summed E-state index contributed by atoms with van der Waals surface area (Å²) in [5.41, 5.74) is 3.52. The second kappa shape index (κ2) is 5.04. The summed E-state index contributed by atoms with van der Waals surface area (Å²) in [7, 11) is 0. The van der Waals surface area contributed by atoms with E-state index >= 15 is 0 Å². The minimum atomic E-state index is 0.0412. The summed E-state index contributed by atoms with van der Waals surface area (Å²) in [6, 6.07) is 3.91. The van der Waals surface area contributed by atoms with Gasteiger partial charge in [0.05, 0.1) is 17.9 Å². The van der Waals surface area contributed by atoms with Crippen LogP contribution < -0.4 is 5.32 Å². The SMILES string of the molecule is Cc1ccc(NC(C)c2cnccn2)c(C)c1O. The summed E-state index contributed by atoms with van der Waals surface area (Å²) in [5, 5.41) is 13.2. The fourth-order valence-electron chi connectivity index (χ4n) is 1.83. The lowest BCUT2D eigenvalue weighted by atomic mass is 10.1. The number of aryl methyl sites for hydroxylation is 1. The van der Waals surface area contributed by atoms with E-state index in [9.17, 15) is 5.11 Å². The second-order valence-electron chi connectivity index (χ2n) is 4.40. The van der Waals surface area contributed by atoms with E-state index in [1.165, 1.54) is 0 Å². The Labute approximate surface area is 107 Å². The highest BCUT2D eigenvalue weighted by molar-refractivity contribution is 5.59. The van der Waals surface area contributed by atoms with Crippen LogP contribution in [0.5, 0.6) is 5.75 Å². The summed E-state index contributed by atoms with van der Waals surface area (Å²) in [4.78, 5) is 8.31. The van der Waals surface area contributed by atoms with E-state index in [4.69, 9.17) is 0 Å². The molecule has 0 aliphatic rings. The highest BCUT2D eigenvalue weighted by atomic mass is 16.3. The van der Waals surface area contributed by atoms with E-state index in [1.54, 1.807) is 18.6 Å². The molecule has 1 heterocycles. The molecule has 4 heteroatoms. The minimum Gasteiger partial charge on any atom is -0.507 e. The van der Waals surface area contributed by atoms with E-state index < -0.39 is 0 Å². The van der Waals surface area contributed by atoms with Crippen molar-refractivity contribution in [2.75, 3.05) is 5.32 Å². The molecule has 1 atom stereocenters. The normalized spacial score (nSPS) is 12.2. The lowest BCUT2D eigenvalue weighted by Gasteiger charge is -2.17. The average molecular weight is 243 g/mol. The molecule has 0 aliphatic carbocycles. The van der Waals surface area contributed by atoms with Crippen LogP contribution in [0.15, 0.2) is 30.7 Å². The molecule has 1 unspecified atom stereocenters. The van der Waals surface area contributed by atoms with Gasteiger partial charge in [0, 0.05) is 23.6 Å². The number of hydrogen-bond donors (Lipinski definition) is 2. The van der Waals surface area contributed by atoms with Crippen LogP contribution in [0, 0.1) is 13.8 Å². The van der Waals surface area contributed by atoms with Crippen molar-refractivity contribution in [2.45, 2.75) is 26.8 Å². The zero-order chi connectivity index (χ0) is 13.1. The Morgan fingerprint density at radius 2 is 2.00 bits per heavy atom. The smallest absolute Gasteiger partial charge is 0.123 e. The Morgan fingerprint density at radius 3 is 2.67 bits per heavy atom. The quantitative estimate of drug-likeness (QED) is 0.870. The van der Waals surface area contributed by atoms with Crippen molar-refractivity contribution >= 4 is 5.69 Å². The number of aromatic hydroxyl groups is 1. The van der Waals surface area contributed by atoms with E-state index in [1.807, 2.05) is 32.9 Å². The Morgan fingerprint density at radius 1 is 1.22 bits per heavy atom. The standard InChI is InChI=1S/C14H17N3O/c1-9-4-5-12(10(2)14(9)18)17-11(3)13-8-15-6-7-16-13/h4-8,11,17-18H,1-3H3. The molecule has 1 aromatic carbocycles. The molecule has 0 aliphatic heterocycles. The van der Waals surface area contributed by atoms with Crippen LogP contribution in [0.4, 0.5) is 5.69 Å². The van der Waals surface area contributed by atoms with Gasteiger partial charge in [-0.15, -0.1) is 0 Å². The number of nitrogens with one attached hydrogen (secondary N) is 1. The number of phenolic OH excluding ortho intramolecular Hbond substituents is 1. The zero-order valence-corrected chi connectivity index (χ0v) is 10.8. The van der Waals surface area contributed by atoms with Crippen molar-refractivity contribution in [1.82, 2.24) is 9.97 Å². The van der Waals surface area contributed by atoms with E-state index in [0.717, 1.165) is 22.5 Å². The maximum Gasteiger partial charge on any atom is 0.123 e. The number of hydrogen-bond acceptors (Lipinski definition) is 4. The number of aromatic nitrogens is 2. The van der Waals surface area contributed by atoms with E-state index in [0.29, 0.717) is 5.75 Å². The highest BCUT2D eigenvalue weighted by Crippen LogP contribution is 2.30. The molecule has 0 fully saturated rings. The average Bonchev–Trinajstić information content (AvgIpc) is 2.40. The molecule has 0 saturated carbocycles. The van der Waals surface area contributed by atoms with E-state index in [-0.39, 0.29) is 6.04 Å². The van der Waals surface area contributed by atoms with Crippen molar-refractivity contribution in [3.05, 3.63) is 47.5 Å². The van der Waals surface area contributed by atoms with Crippen molar-refractivity contribution in [2.24, 2.45) is 0 Å². The molecule has 0 saturated heterocycles. The van der Waals surface area contributed by atoms with Crippen LogP contribution in [-0.2, 0) is 0 Å². The highest BCUT2D eigenvalue weighted by Gasteiger charge is 2.10. The van der Waals surface area contributed by atoms with Crippen LogP contribution in [0.25, 0.3) is 0 Å². The lowest BCUT2D eigenvalue weighted by molar-refractivity contribution is 0.467. The molecule has 0 bridgehead atoms. The first kappa shape index (κ1) is 12.4. The number of nitrogens with zero attached hydrogens (tertiary/aromatic N) is 2. The van der Waals surface area contributed by atoms with Crippen LogP contribution in [0.3, 0.4) is 0 Å². The molecule has 18 heavy (non-hydrogen) atoms. The summed E-state index contributed by atoms with van der Waals surface area (Å²) in [6.07, 6.45) is 5.06. The Hall–Kier alpha value is -2.10. The second-order valence-corrected chi connectivity index (χ2v) is 4.40. The number of phenols is 1. The van der Waals surface area contributed by atoms with Crippen molar-refractivity contribution < 1.29 is 5.11 Å². The molecular weight excluding hydrogens is 226 g/mol. The predicted octanol–water partition coefficient (Wildman–Crippen LogP) is 2.97. The van der Waals surface area contributed by atoms with Gasteiger partial charge in [0.15, 0.2) is 0 Å². The Bertz CT molecular complexity index is 540. The van der Waals surface area contributed by atoms with Gasteiger partial charge in [0.2, 0.25) is 0 Å². The maximum absolute atomic E-state index is 9.90. The molecule has 2 aromatic rings. The fourth-order valence-corrected chi connectivity index (χ4v) is 1.83. The molecule has 1 aromatic heterocycles. The third kappa shape index (κ3) is 2.42. The molecule has 0 radical (unpaired) electrons. The summed E-state index contributed by atoms with van der Waals surface area (Å²) >= 11 is 0. The van der Waals surface area contributed by atoms with Gasteiger partial charge in [-0.1, -0.05) is 6.07 Å². The first-order valence-corrected chi connectivity index (χ1v) is 5.91. The molecule has 4 nitrogen and oxygen atoms in total. The van der Waals surface area contributed by atoms with Gasteiger partial charge in [-0.25, -0.2) is 0 Å². The molecular formula is C14H17N3O. The molecule has 0 amide bonds. The number of rotatable bonds is 3. The summed E-state index contributed by atoms with van der Waals surface area (Å²) < 4.78 is 0. The zero-order valence-electron chi connectivity index (χ0n) is 10.8.